The molecule has 3 rings (SSSR count). The quantitative estimate of drug-likeness (QED) is 0.726. The number of nitriles is 1. The molecule has 0 saturated heterocycles. The Bertz CT molecular complexity index is 824. The lowest BCUT2D eigenvalue weighted by atomic mass is 10.1. The molecule has 3 aromatic rings. The van der Waals surface area contributed by atoms with Crippen LogP contribution in [0.2, 0.25) is 0 Å². The zero-order chi connectivity index (χ0) is 16.6. The highest BCUT2D eigenvalue weighted by Gasteiger charge is 2.02. The van der Waals surface area contributed by atoms with Gasteiger partial charge in [0.15, 0.2) is 5.82 Å². The zero-order valence-corrected chi connectivity index (χ0v) is 13.0. The van der Waals surface area contributed by atoms with Crippen LogP contribution in [0.4, 0.5) is 17.5 Å². The molecule has 2 aromatic carbocycles. The normalized spacial score (nSPS) is 9.96. The van der Waals surface area contributed by atoms with Gasteiger partial charge < -0.3 is 10.6 Å². The van der Waals surface area contributed by atoms with E-state index in [1.54, 1.807) is 30.5 Å². The van der Waals surface area contributed by atoms with E-state index >= 15 is 0 Å². The second-order valence-corrected chi connectivity index (χ2v) is 5.14. The third kappa shape index (κ3) is 4.27. The molecular weight excluding hydrogens is 300 g/mol. The lowest BCUT2D eigenvalue weighted by Gasteiger charge is -2.08. The van der Waals surface area contributed by atoms with Crippen molar-refractivity contribution in [2.45, 2.75) is 6.42 Å². The average Bonchev–Trinajstić information content (AvgIpc) is 2.64. The van der Waals surface area contributed by atoms with Gasteiger partial charge in [-0.2, -0.15) is 15.3 Å². The molecule has 2 N–H and O–H groups in total. The smallest absolute Gasteiger partial charge is 0.249 e. The minimum atomic E-state index is 0.407. The molecule has 0 atom stereocenters. The van der Waals surface area contributed by atoms with Crippen LogP contribution in [0, 0.1) is 11.3 Å². The molecule has 1 heterocycles. The number of anilines is 3. The number of benzene rings is 2. The van der Waals surface area contributed by atoms with Crippen molar-refractivity contribution in [1.29, 1.82) is 5.26 Å². The Morgan fingerprint density at radius 2 is 1.79 bits per heavy atom. The molecule has 24 heavy (non-hydrogen) atoms. The number of rotatable bonds is 6. The van der Waals surface area contributed by atoms with Crippen molar-refractivity contribution >= 4 is 17.5 Å². The van der Waals surface area contributed by atoms with Crippen molar-refractivity contribution < 1.29 is 0 Å². The number of nitrogens with one attached hydrogen (secondary N) is 2. The molecule has 0 unspecified atom stereocenters. The van der Waals surface area contributed by atoms with E-state index in [9.17, 15) is 0 Å². The summed E-state index contributed by atoms with van der Waals surface area (Å²) in [5.74, 6) is 1.07. The molecule has 0 radical (unpaired) electrons. The summed E-state index contributed by atoms with van der Waals surface area (Å²) in [7, 11) is 0. The van der Waals surface area contributed by atoms with Crippen LogP contribution < -0.4 is 10.6 Å². The molecule has 0 saturated carbocycles. The fourth-order valence-corrected chi connectivity index (χ4v) is 2.18. The van der Waals surface area contributed by atoms with E-state index in [1.165, 1.54) is 5.56 Å². The van der Waals surface area contributed by atoms with Crippen molar-refractivity contribution in [2.24, 2.45) is 0 Å². The van der Waals surface area contributed by atoms with Crippen molar-refractivity contribution in [1.82, 2.24) is 15.2 Å². The fourth-order valence-electron chi connectivity index (χ4n) is 2.18. The van der Waals surface area contributed by atoms with Crippen LogP contribution in [-0.2, 0) is 6.42 Å². The summed E-state index contributed by atoms with van der Waals surface area (Å²) in [6, 6.07) is 19.4. The maximum Gasteiger partial charge on any atom is 0.249 e. The minimum Gasteiger partial charge on any atom is -0.368 e. The molecule has 0 fully saturated rings. The molecule has 0 spiro atoms. The third-order valence-electron chi connectivity index (χ3n) is 3.39. The summed E-state index contributed by atoms with van der Waals surface area (Å²) in [5, 5.41) is 23.0. The summed E-state index contributed by atoms with van der Waals surface area (Å²) in [5.41, 5.74) is 2.68. The molecule has 0 aliphatic carbocycles. The minimum absolute atomic E-state index is 0.407. The molecule has 118 valence electrons. The Kier molecular flexibility index (Phi) is 4.95. The topological polar surface area (TPSA) is 86.5 Å². The monoisotopic (exact) mass is 316 g/mol. The summed E-state index contributed by atoms with van der Waals surface area (Å²) in [6.45, 7) is 0.763. The fraction of sp³-hybridized carbons (Fsp3) is 0.111. The van der Waals surface area contributed by atoms with Crippen molar-refractivity contribution in [3.8, 4) is 6.07 Å². The van der Waals surface area contributed by atoms with Gasteiger partial charge in [-0.1, -0.05) is 30.3 Å². The standard InChI is InChI=1S/C18H16N6/c19-12-15-6-8-16(9-7-15)22-18-23-17(13-21-24-18)20-11-10-14-4-2-1-3-5-14/h1-9,13H,10-11H2,(H2,20,22,23,24). The van der Waals surface area contributed by atoms with E-state index < -0.39 is 0 Å². The van der Waals surface area contributed by atoms with Crippen LogP contribution in [-0.4, -0.2) is 21.7 Å². The molecule has 0 bridgehead atoms. The molecule has 6 nitrogen and oxygen atoms in total. The van der Waals surface area contributed by atoms with E-state index in [4.69, 9.17) is 5.26 Å². The average molecular weight is 316 g/mol. The summed E-state index contributed by atoms with van der Waals surface area (Å²) in [6.07, 6.45) is 2.50. The van der Waals surface area contributed by atoms with Crippen molar-refractivity contribution in [3.63, 3.8) is 0 Å². The second-order valence-electron chi connectivity index (χ2n) is 5.14. The highest BCUT2D eigenvalue weighted by Crippen LogP contribution is 2.14. The highest BCUT2D eigenvalue weighted by atomic mass is 15.3. The summed E-state index contributed by atoms with van der Waals surface area (Å²) in [4.78, 5) is 4.38. The molecule has 0 aliphatic heterocycles. The SMILES string of the molecule is N#Cc1ccc(Nc2nncc(NCCc3ccccc3)n2)cc1. The Morgan fingerprint density at radius 1 is 1.00 bits per heavy atom. The lowest BCUT2D eigenvalue weighted by Crippen LogP contribution is -2.08. The van der Waals surface area contributed by atoms with Gasteiger partial charge in [0.25, 0.3) is 0 Å². The van der Waals surface area contributed by atoms with Crippen LogP contribution in [0.3, 0.4) is 0 Å². The van der Waals surface area contributed by atoms with Gasteiger partial charge in [-0.25, -0.2) is 0 Å². The molecule has 0 amide bonds. The van der Waals surface area contributed by atoms with Crippen LogP contribution >= 0.6 is 0 Å². The van der Waals surface area contributed by atoms with E-state index in [2.05, 4.69) is 44.0 Å². The van der Waals surface area contributed by atoms with E-state index in [0.29, 0.717) is 17.3 Å². The van der Waals surface area contributed by atoms with Gasteiger partial charge in [0, 0.05) is 12.2 Å². The second kappa shape index (κ2) is 7.70. The number of aromatic nitrogens is 3. The van der Waals surface area contributed by atoms with Gasteiger partial charge in [-0.15, -0.1) is 5.10 Å². The van der Waals surface area contributed by atoms with Crippen molar-refractivity contribution in [2.75, 3.05) is 17.2 Å². The first-order chi connectivity index (χ1) is 11.8. The van der Waals surface area contributed by atoms with Crippen LogP contribution in [0.1, 0.15) is 11.1 Å². The van der Waals surface area contributed by atoms with E-state index in [-0.39, 0.29) is 0 Å². The summed E-state index contributed by atoms with van der Waals surface area (Å²) < 4.78 is 0. The molecular formula is C18H16N6. The first kappa shape index (κ1) is 15.4. The van der Waals surface area contributed by atoms with Crippen LogP contribution in [0.25, 0.3) is 0 Å². The largest absolute Gasteiger partial charge is 0.368 e. The predicted molar refractivity (Wildman–Crippen MR) is 92.9 cm³/mol. The van der Waals surface area contributed by atoms with Crippen molar-refractivity contribution in [3.05, 3.63) is 71.9 Å². The summed E-state index contributed by atoms with van der Waals surface area (Å²) >= 11 is 0. The Labute approximate surface area is 140 Å². The first-order valence-electron chi connectivity index (χ1n) is 7.58. The number of hydrogen-bond acceptors (Lipinski definition) is 6. The maximum atomic E-state index is 8.81. The van der Waals surface area contributed by atoms with E-state index in [0.717, 1.165) is 18.7 Å². The molecule has 6 heteroatoms. The van der Waals surface area contributed by atoms with Gasteiger partial charge in [-0.05, 0) is 36.2 Å². The predicted octanol–water partition coefficient (Wildman–Crippen LogP) is 3.14. The van der Waals surface area contributed by atoms with Gasteiger partial charge >= 0.3 is 0 Å². The van der Waals surface area contributed by atoms with Gasteiger partial charge in [0.05, 0.1) is 17.8 Å². The third-order valence-corrected chi connectivity index (χ3v) is 3.39. The van der Waals surface area contributed by atoms with E-state index in [1.807, 2.05) is 18.2 Å². The van der Waals surface area contributed by atoms with Crippen LogP contribution in [0.5, 0.6) is 0 Å². The van der Waals surface area contributed by atoms with Gasteiger partial charge in [0.2, 0.25) is 5.95 Å². The zero-order valence-electron chi connectivity index (χ0n) is 13.0. The first-order valence-corrected chi connectivity index (χ1v) is 7.58. The van der Waals surface area contributed by atoms with Crippen LogP contribution in [0.15, 0.2) is 60.8 Å². The molecule has 0 aliphatic rings. The lowest BCUT2D eigenvalue weighted by molar-refractivity contribution is 0.950. The number of nitrogens with zero attached hydrogens (tertiary/aromatic N) is 4. The molecule has 1 aromatic heterocycles. The number of hydrogen-bond donors (Lipinski definition) is 2. The highest BCUT2D eigenvalue weighted by molar-refractivity contribution is 5.55. The Hall–Kier alpha value is -3.46. The maximum absolute atomic E-state index is 8.81. The van der Waals surface area contributed by atoms with Gasteiger partial charge in [-0.3, -0.25) is 0 Å². The Morgan fingerprint density at radius 3 is 2.54 bits per heavy atom. The Balaban J connectivity index is 1.58. The van der Waals surface area contributed by atoms with Gasteiger partial charge in [0.1, 0.15) is 0 Å².